The first-order valence-corrected chi connectivity index (χ1v) is 19.7. The Labute approximate surface area is 283 Å². The number of allylic oxidation sites excluding steroid dienone is 11. The number of rotatable bonds is 31. The van der Waals surface area contributed by atoms with E-state index >= 15 is 0 Å². The fourth-order valence-corrected chi connectivity index (χ4v) is 5.64. The summed E-state index contributed by atoms with van der Waals surface area (Å²) < 4.78 is 32.3. The molecule has 3 N–H and O–H groups in total. The summed E-state index contributed by atoms with van der Waals surface area (Å²) >= 11 is 0. The van der Waals surface area contributed by atoms with E-state index in [1.54, 1.807) is 6.08 Å². The second kappa shape index (κ2) is 32.7. The first-order valence-electron chi connectivity index (χ1n) is 18.1. The molecule has 0 bridgehead atoms. The Morgan fingerprint density at radius 1 is 0.609 bits per heavy atom. The lowest BCUT2D eigenvalue weighted by Gasteiger charge is -2.21. The van der Waals surface area contributed by atoms with Gasteiger partial charge in [0, 0.05) is 6.42 Å². The predicted molar refractivity (Wildman–Crippen MR) is 197 cm³/mol. The highest BCUT2D eigenvalue weighted by atomic mass is 32.2. The van der Waals surface area contributed by atoms with Crippen LogP contribution in [0.4, 0.5) is 0 Å². The Morgan fingerprint density at radius 2 is 1.07 bits per heavy atom. The van der Waals surface area contributed by atoms with Gasteiger partial charge in [-0.25, -0.2) is 0 Å². The Morgan fingerprint density at radius 3 is 1.61 bits per heavy atom. The van der Waals surface area contributed by atoms with E-state index in [9.17, 15) is 22.9 Å². The van der Waals surface area contributed by atoms with Gasteiger partial charge in [0.1, 0.15) is 0 Å². The maximum atomic E-state index is 12.4. The van der Waals surface area contributed by atoms with E-state index in [0.717, 1.165) is 77.0 Å². The molecular weight excluding hydrogens is 594 g/mol. The minimum absolute atomic E-state index is 0.266. The van der Waals surface area contributed by atoms with Gasteiger partial charge in [0.15, 0.2) is 0 Å². The van der Waals surface area contributed by atoms with Gasteiger partial charge in [-0.05, 0) is 77.0 Å². The SMILES string of the molecule is CC/C=C/CC/C=C/CC/C=C/C(O)C(CS(=O)(=O)O)NC(=O)CCCCCCCC/C=C\C/C=C\C/C=C\CCCCCCC. The summed E-state index contributed by atoms with van der Waals surface area (Å²) in [5, 5.41) is 13.1. The molecule has 0 spiro atoms. The molecule has 0 aliphatic heterocycles. The second-order valence-electron chi connectivity index (χ2n) is 12.1. The highest BCUT2D eigenvalue weighted by Gasteiger charge is 2.24. The normalized spacial score (nSPS) is 14.3. The molecule has 0 radical (unpaired) electrons. The Bertz CT molecular complexity index is 994. The van der Waals surface area contributed by atoms with E-state index < -0.39 is 28.0 Å². The molecule has 0 aromatic heterocycles. The van der Waals surface area contributed by atoms with Crippen LogP contribution in [0.15, 0.2) is 72.9 Å². The van der Waals surface area contributed by atoms with Crippen LogP contribution in [-0.2, 0) is 14.9 Å². The lowest BCUT2D eigenvalue weighted by molar-refractivity contribution is -0.122. The molecule has 0 aliphatic rings. The number of nitrogens with one attached hydrogen (secondary N) is 1. The smallest absolute Gasteiger partial charge is 0.267 e. The number of unbranched alkanes of at least 4 members (excludes halogenated alkanes) is 13. The highest BCUT2D eigenvalue weighted by molar-refractivity contribution is 7.85. The van der Waals surface area contributed by atoms with Crippen LogP contribution in [0.2, 0.25) is 0 Å². The van der Waals surface area contributed by atoms with Crippen LogP contribution < -0.4 is 5.32 Å². The zero-order valence-electron chi connectivity index (χ0n) is 29.2. The van der Waals surface area contributed by atoms with Gasteiger partial charge in [0.25, 0.3) is 10.1 Å². The third kappa shape index (κ3) is 33.2. The molecule has 0 aliphatic carbocycles. The molecule has 0 heterocycles. The number of carbonyl (C=O) groups excluding carboxylic acids is 1. The average Bonchev–Trinajstić information content (AvgIpc) is 3.01. The van der Waals surface area contributed by atoms with E-state index in [4.69, 9.17) is 0 Å². The molecule has 0 aromatic rings. The van der Waals surface area contributed by atoms with Crippen molar-refractivity contribution in [3.8, 4) is 0 Å². The molecule has 46 heavy (non-hydrogen) atoms. The van der Waals surface area contributed by atoms with Crippen LogP contribution in [-0.4, -0.2) is 41.9 Å². The van der Waals surface area contributed by atoms with Crippen LogP contribution >= 0.6 is 0 Å². The summed E-state index contributed by atoms with van der Waals surface area (Å²) in [7, 11) is -4.36. The van der Waals surface area contributed by atoms with Crippen LogP contribution in [0, 0.1) is 0 Å². The fourth-order valence-electron chi connectivity index (χ4n) is 4.90. The summed E-state index contributed by atoms with van der Waals surface area (Å²) in [6.07, 6.45) is 46.1. The maximum absolute atomic E-state index is 12.4. The molecule has 0 saturated carbocycles. The van der Waals surface area contributed by atoms with Crippen LogP contribution in [0.1, 0.15) is 149 Å². The molecule has 2 unspecified atom stereocenters. The van der Waals surface area contributed by atoms with Crippen LogP contribution in [0.25, 0.3) is 0 Å². The van der Waals surface area contributed by atoms with Crippen LogP contribution in [0.3, 0.4) is 0 Å². The molecule has 2 atom stereocenters. The van der Waals surface area contributed by atoms with Crippen molar-refractivity contribution in [2.24, 2.45) is 0 Å². The Hall–Kier alpha value is -2.22. The van der Waals surface area contributed by atoms with E-state index in [0.29, 0.717) is 12.8 Å². The summed E-state index contributed by atoms with van der Waals surface area (Å²) in [4.78, 5) is 12.4. The number of aliphatic hydroxyl groups is 1. The third-order valence-electron chi connectivity index (χ3n) is 7.59. The quantitative estimate of drug-likeness (QED) is 0.0390. The van der Waals surface area contributed by atoms with Gasteiger partial charge >= 0.3 is 0 Å². The molecule has 1 amide bonds. The first-order chi connectivity index (χ1) is 22.3. The Balaban J connectivity index is 4.01. The monoisotopic (exact) mass is 661 g/mol. The lowest BCUT2D eigenvalue weighted by Crippen LogP contribution is -2.46. The number of hydrogen-bond donors (Lipinski definition) is 3. The molecule has 7 heteroatoms. The number of carbonyl (C=O) groups is 1. The van der Waals surface area contributed by atoms with Gasteiger partial charge in [-0.15, -0.1) is 0 Å². The average molecular weight is 662 g/mol. The largest absolute Gasteiger partial charge is 0.387 e. The standard InChI is InChI=1S/C39H67NO5S/c1-3-5-7-9-11-13-15-16-17-18-19-20-21-22-23-24-25-27-29-31-33-35-39(42)40-37(36-46(43,44)45)38(41)34-32-30-28-26-14-12-10-8-6-4-2/h6,8,14-16,18-19,21-22,26,32,34,37-38,41H,3-5,7,9-13,17,20,23-25,27-31,33,35-36H2,1-2H3,(H,40,42)(H,43,44,45)/b8-6+,16-15-,19-18-,22-21-,26-14+,34-32+. The minimum atomic E-state index is -4.36. The molecular formula is C39H67NO5S. The van der Waals surface area contributed by atoms with E-state index in [-0.39, 0.29) is 12.3 Å². The fraction of sp³-hybridized carbons (Fsp3) is 0.667. The molecule has 0 rings (SSSR count). The summed E-state index contributed by atoms with van der Waals surface area (Å²) in [6, 6.07) is -1.09. The van der Waals surface area contributed by atoms with E-state index in [1.165, 1.54) is 44.6 Å². The summed E-state index contributed by atoms with van der Waals surface area (Å²) in [5.41, 5.74) is 0. The lowest BCUT2D eigenvalue weighted by atomic mass is 10.1. The number of amides is 1. The van der Waals surface area contributed by atoms with Gasteiger partial charge in [-0.2, -0.15) is 8.42 Å². The van der Waals surface area contributed by atoms with Crippen LogP contribution in [0.5, 0.6) is 0 Å². The molecule has 6 nitrogen and oxygen atoms in total. The van der Waals surface area contributed by atoms with E-state index in [2.05, 4.69) is 79.9 Å². The number of aliphatic hydroxyl groups excluding tert-OH is 1. The van der Waals surface area contributed by atoms with Crippen molar-refractivity contribution in [1.29, 1.82) is 0 Å². The zero-order valence-corrected chi connectivity index (χ0v) is 30.0. The van der Waals surface area contributed by atoms with Gasteiger partial charge < -0.3 is 10.4 Å². The van der Waals surface area contributed by atoms with Crippen molar-refractivity contribution in [2.45, 2.75) is 161 Å². The topological polar surface area (TPSA) is 104 Å². The predicted octanol–water partition coefficient (Wildman–Crippen LogP) is 10.3. The summed E-state index contributed by atoms with van der Waals surface area (Å²) in [6.45, 7) is 4.36. The van der Waals surface area contributed by atoms with Gasteiger partial charge in [-0.1, -0.05) is 138 Å². The van der Waals surface area contributed by atoms with E-state index in [1.807, 2.05) is 0 Å². The number of hydrogen-bond acceptors (Lipinski definition) is 4. The molecule has 0 saturated heterocycles. The summed E-state index contributed by atoms with van der Waals surface area (Å²) in [5.74, 6) is -1.04. The van der Waals surface area contributed by atoms with Crippen molar-refractivity contribution < 1.29 is 22.9 Å². The molecule has 0 fully saturated rings. The van der Waals surface area contributed by atoms with Gasteiger partial charge in [-0.3, -0.25) is 9.35 Å². The van der Waals surface area contributed by atoms with Crippen molar-refractivity contribution in [3.63, 3.8) is 0 Å². The first kappa shape index (κ1) is 43.8. The second-order valence-corrected chi connectivity index (χ2v) is 13.6. The maximum Gasteiger partial charge on any atom is 0.267 e. The third-order valence-corrected chi connectivity index (χ3v) is 8.37. The molecule has 264 valence electrons. The van der Waals surface area contributed by atoms with Gasteiger partial charge in [0.2, 0.25) is 5.91 Å². The van der Waals surface area contributed by atoms with Crippen molar-refractivity contribution in [1.82, 2.24) is 5.32 Å². The van der Waals surface area contributed by atoms with Crippen molar-refractivity contribution in [2.75, 3.05) is 5.75 Å². The Kier molecular flexibility index (Phi) is 31.1. The highest BCUT2D eigenvalue weighted by Crippen LogP contribution is 2.11. The van der Waals surface area contributed by atoms with Crippen molar-refractivity contribution >= 4 is 16.0 Å². The minimum Gasteiger partial charge on any atom is -0.387 e. The van der Waals surface area contributed by atoms with Crippen molar-refractivity contribution in [3.05, 3.63) is 72.9 Å². The van der Waals surface area contributed by atoms with Gasteiger partial charge in [0.05, 0.1) is 17.9 Å². The molecule has 0 aromatic carbocycles. The zero-order chi connectivity index (χ0) is 34.0.